The van der Waals surface area contributed by atoms with Crippen molar-refractivity contribution in [2.75, 3.05) is 6.54 Å². The van der Waals surface area contributed by atoms with Gasteiger partial charge in [0.2, 0.25) is 0 Å². The van der Waals surface area contributed by atoms with Gasteiger partial charge in [-0.25, -0.2) is 4.39 Å². The van der Waals surface area contributed by atoms with Crippen LogP contribution in [0.2, 0.25) is 0 Å². The van der Waals surface area contributed by atoms with Crippen LogP contribution in [0.15, 0.2) is 36.4 Å². The smallest absolute Gasteiger partial charge is 0.131 e. The molecule has 2 unspecified atom stereocenters. The molecule has 1 nitrogen and oxygen atoms in total. The average Bonchev–Trinajstić information content (AvgIpc) is 2.50. The van der Waals surface area contributed by atoms with Crippen molar-refractivity contribution >= 4 is 10.8 Å². The fourth-order valence-corrected chi connectivity index (χ4v) is 3.10. The molecule has 21 heavy (non-hydrogen) atoms. The quantitative estimate of drug-likeness (QED) is 0.713. The van der Waals surface area contributed by atoms with E-state index in [2.05, 4.69) is 26.1 Å². The molecular weight excluding hydrogens is 261 g/mol. The summed E-state index contributed by atoms with van der Waals surface area (Å²) < 4.78 is 14.0. The highest BCUT2D eigenvalue weighted by atomic mass is 19.1. The van der Waals surface area contributed by atoms with E-state index in [1.807, 2.05) is 30.3 Å². The second-order valence-corrected chi connectivity index (χ2v) is 5.88. The van der Waals surface area contributed by atoms with Crippen LogP contribution in [0, 0.1) is 11.7 Å². The fraction of sp³-hybridized carbons (Fsp3) is 0.474. The Morgan fingerprint density at radius 3 is 2.38 bits per heavy atom. The highest BCUT2D eigenvalue weighted by molar-refractivity contribution is 5.86. The predicted molar refractivity (Wildman–Crippen MR) is 89.0 cm³/mol. The van der Waals surface area contributed by atoms with Crippen LogP contribution in [0.4, 0.5) is 4.39 Å². The first-order chi connectivity index (χ1) is 10.2. The molecule has 0 aliphatic carbocycles. The maximum atomic E-state index is 14.0. The van der Waals surface area contributed by atoms with Crippen molar-refractivity contribution in [3.8, 4) is 0 Å². The van der Waals surface area contributed by atoms with Gasteiger partial charge >= 0.3 is 0 Å². The SMILES string of the molecule is CCCNC(c1ccc(F)c2ccccc12)C(C)CCC. The van der Waals surface area contributed by atoms with Gasteiger partial charge in [-0.2, -0.15) is 0 Å². The van der Waals surface area contributed by atoms with Crippen molar-refractivity contribution in [1.82, 2.24) is 5.32 Å². The molecule has 0 bridgehead atoms. The Labute approximate surface area is 127 Å². The number of fused-ring (bicyclic) bond motifs is 1. The molecule has 0 radical (unpaired) electrons. The van der Waals surface area contributed by atoms with Crippen LogP contribution < -0.4 is 5.32 Å². The maximum absolute atomic E-state index is 14.0. The van der Waals surface area contributed by atoms with Gasteiger partial charge in [-0.15, -0.1) is 0 Å². The molecule has 2 rings (SSSR count). The van der Waals surface area contributed by atoms with Crippen LogP contribution in [0.1, 0.15) is 51.6 Å². The Morgan fingerprint density at radius 1 is 1.00 bits per heavy atom. The van der Waals surface area contributed by atoms with Crippen molar-refractivity contribution in [2.45, 2.75) is 46.1 Å². The van der Waals surface area contributed by atoms with Crippen molar-refractivity contribution in [3.05, 3.63) is 47.8 Å². The maximum Gasteiger partial charge on any atom is 0.131 e. The topological polar surface area (TPSA) is 12.0 Å². The molecule has 0 fully saturated rings. The lowest BCUT2D eigenvalue weighted by Gasteiger charge is -2.27. The number of hydrogen-bond acceptors (Lipinski definition) is 1. The minimum absolute atomic E-state index is 0.133. The third kappa shape index (κ3) is 3.62. The summed E-state index contributed by atoms with van der Waals surface area (Å²) in [7, 11) is 0. The Hall–Kier alpha value is -1.41. The van der Waals surface area contributed by atoms with Gasteiger partial charge in [-0.1, -0.05) is 57.5 Å². The highest BCUT2D eigenvalue weighted by Gasteiger charge is 2.20. The van der Waals surface area contributed by atoms with Crippen LogP contribution in [0.3, 0.4) is 0 Å². The number of nitrogens with one attached hydrogen (secondary N) is 1. The number of halogens is 1. The van der Waals surface area contributed by atoms with Gasteiger partial charge in [-0.3, -0.25) is 0 Å². The van der Waals surface area contributed by atoms with E-state index >= 15 is 0 Å². The summed E-state index contributed by atoms with van der Waals surface area (Å²) in [6, 6.07) is 11.7. The zero-order valence-electron chi connectivity index (χ0n) is 13.3. The lowest BCUT2D eigenvalue weighted by Crippen LogP contribution is -2.28. The number of rotatable bonds is 7. The molecule has 1 N–H and O–H groups in total. The molecular formula is C19H26FN. The lowest BCUT2D eigenvalue weighted by atomic mass is 9.88. The van der Waals surface area contributed by atoms with Crippen molar-refractivity contribution in [3.63, 3.8) is 0 Å². The van der Waals surface area contributed by atoms with Crippen molar-refractivity contribution in [2.24, 2.45) is 5.92 Å². The van der Waals surface area contributed by atoms with E-state index in [0.29, 0.717) is 5.92 Å². The number of benzene rings is 2. The second-order valence-electron chi connectivity index (χ2n) is 5.88. The van der Waals surface area contributed by atoms with E-state index in [4.69, 9.17) is 0 Å². The summed E-state index contributed by atoms with van der Waals surface area (Å²) in [6.45, 7) is 7.67. The van der Waals surface area contributed by atoms with Crippen LogP contribution in [0.25, 0.3) is 10.8 Å². The summed E-state index contributed by atoms with van der Waals surface area (Å²) in [5.41, 5.74) is 1.22. The van der Waals surface area contributed by atoms with Crippen LogP contribution in [-0.4, -0.2) is 6.54 Å². The molecule has 0 spiro atoms. The third-order valence-corrected chi connectivity index (χ3v) is 4.17. The van der Waals surface area contributed by atoms with E-state index in [1.54, 1.807) is 6.07 Å². The van der Waals surface area contributed by atoms with E-state index in [9.17, 15) is 4.39 Å². The summed E-state index contributed by atoms with van der Waals surface area (Å²) in [4.78, 5) is 0. The Balaban J connectivity index is 2.46. The molecule has 2 aromatic carbocycles. The summed E-state index contributed by atoms with van der Waals surface area (Å²) in [5, 5.41) is 5.42. The Morgan fingerprint density at radius 2 is 1.71 bits per heavy atom. The summed E-state index contributed by atoms with van der Waals surface area (Å²) in [5.74, 6) is 0.405. The van der Waals surface area contributed by atoms with Gasteiger partial charge < -0.3 is 5.32 Å². The Kier molecular flexibility index (Phi) is 5.75. The first-order valence-electron chi connectivity index (χ1n) is 8.09. The fourth-order valence-electron chi connectivity index (χ4n) is 3.10. The van der Waals surface area contributed by atoms with Gasteiger partial charge in [0.1, 0.15) is 5.82 Å². The molecule has 0 amide bonds. The molecule has 2 atom stereocenters. The minimum atomic E-state index is -0.133. The standard InChI is InChI=1S/C19H26FN/c1-4-8-14(3)19(21-13-5-2)17-11-12-18(20)16-10-7-6-9-15(16)17/h6-7,9-12,14,19,21H,4-5,8,13H2,1-3H3. The second kappa shape index (κ2) is 7.56. The highest BCUT2D eigenvalue weighted by Crippen LogP contribution is 2.32. The van der Waals surface area contributed by atoms with E-state index in [-0.39, 0.29) is 11.9 Å². The molecule has 0 aliphatic heterocycles. The summed E-state index contributed by atoms with van der Waals surface area (Å²) >= 11 is 0. The zero-order chi connectivity index (χ0) is 15.2. The number of hydrogen-bond donors (Lipinski definition) is 1. The molecule has 0 heterocycles. The van der Waals surface area contributed by atoms with Gasteiger partial charge in [0.15, 0.2) is 0 Å². The molecule has 0 aliphatic rings. The molecule has 0 saturated carbocycles. The zero-order valence-corrected chi connectivity index (χ0v) is 13.3. The first kappa shape index (κ1) is 16.0. The molecule has 2 aromatic rings. The lowest BCUT2D eigenvalue weighted by molar-refractivity contribution is 0.365. The van der Waals surface area contributed by atoms with Crippen molar-refractivity contribution in [1.29, 1.82) is 0 Å². The monoisotopic (exact) mass is 287 g/mol. The van der Waals surface area contributed by atoms with E-state index in [0.717, 1.165) is 23.7 Å². The average molecular weight is 287 g/mol. The minimum Gasteiger partial charge on any atom is -0.310 e. The molecule has 0 aromatic heterocycles. The van der Waals surface area contributed by atoms with Gasteiger partial charge in [0.25, 0.3) is 0 Å². The van der Waals surface area contributed by atoms with E-state index < -0.39 is 0 Å². The summed E-state index contributed by atoms with van der Waals surface area (Å²) in [6.07, 6.45) is 3.45. The van der Waals surface area contributed by atoms with Gasteiger partial charge in [-0.05, 0) is 42.3 Å². The van der Waals surface area contributed by atoms with Crippen LogP contribution in [0.5, 0.6) is 0 Å². The molecule has 2 heteroatoms. The predicted octanol–water partition coefficient (Wildman–Crippen LogP) is 5.46. The first-order valence-corrected chi connectivity index (χ1v) is 8.09. The van der Waals surface area contributed by atoms with E-state index in [1.165, 1.54) is 18.4 Å². The third-order valence-electron chi connectivity index (χ3n) is 4.17. The Bertz CT molecular complexity index is 579. The van der Waals surface area contributed by atoms with Crippen LogP contribution >= 0.6 is 0 Å². The molecule has 114 valence electrons. The van der Waals surface area contributed by atoms with Crippen LogP contribution in [-0.2, 0) is 0 Å². The normalized spacial score (nSPS) is 14.3. The largest absolute Gasteiger partial charge is 0.310 e. The van der Waals surface area contributed by atoms with Crippen molar-refractivity contribution < 1.29 is 4.39 Å². The van der Waals surface area contributed by atoms with Gasteiger partial charge in [0.05, 0.1) is 0 Å². The molecule has 0 saturated heterocycles. The van der Waals surface area contributed by atoms with Gasteiger partial charge in [0, 0.05) is 11.4 Å².